The van der Waals surface area contributed by atoms with E-state index in [4.69, 9.17) is 0 Å². The van der Waals surface area contributed by atoms with E-state index in [-0.39, 0.29) is 5.75 Å². The zero-order valence-corrected chi connectivity index (χ0v) is 23.3. The Morgan fingerprint density at radius 3 is 2.17 bits per heavy atom. The summed E-state index contributed by atoms with van der Waals surface area (Å²) < 4.78 is 26.0. The lowest BCUT2D eigenvalue weighted by molar-refractivity contribution is -0.143. The molecule has 2 atom stereocenters. The Kier molecular flexibility index (Phi) is 7.41. The minimum absolute atomic E-state index is 0.0583. The number of carbonyl (C=O) groups is 1. The first-order valence-corrected chi connectivity index (χ1v) is 18.4. The lowest BCUT2D eigenvalue weighted by atomic mass is 9.83. The van der Waals surface area contributed by atoms with Crippen molar-refractivity contribution in [1.29, 1.82) is 0 Å². The molecule has 3 aromatic rings. The van der Waals surface area contributed by atoms with Crippen LogP contribution in [-0.4, -0.2) is 33.3 Å². The van der Waals surface area contributed by atoms with Crippen LogP contribution >= 0.6 is 11.3 Å². The molecular weight excluding hydrogens is 493 g/mol. The van der Waals surface area contributed by atoms with Crippen molar-refractivity contribution in [2.75, 3.05) is 5.75 Å². The average Bonchev–Trinajstić information content (AvgIpc) is 3.30. The van der Waals surface area contributed by atoms with Crippen LogP contribution in [0.2, 0.25) is 25.7 Å². The Morgan fingerprint density at radius 2 is 1.57 bits per heavy atom. The highest BCUT2D eigenvalue weighted by molar-refractivity contribution is 7.92. The van der Waals surface area contributed by atoms with Gasteiger partial charge in [-0.25, -0.2) is 8.42 Å². The summed E-state index contributed by atoms with van der Waals surface area (Å²) >= 11 is 1.44. The molecule has 0 bridgehead atoms. The second kappa shape index (κ2) is 10.0. The summed E-state index contributed by atoms with van der Waals surface area (Å²) in [5, 5.41) is 10.3. The van der Waals surface area contributed by atoms with Crippen molar-refractivity contribution in [1.82, 2.24) is 0 Å². The monoisotopic (exact) mass is 526 g/mol. The number of hydrogen-bond acceptors (Lipinski definition) is 4. The fourth-order valence-electron chi connectivity index (χ4n) is 5.17. The number of hydrogen-bond donors (Lipinski definition) is 1. The number of carboxylic acids is 1. The fraction of sp³-hybridized carbons (Fsp3) is 0.393. The van der Waals surface area contributed by atoms with Crippen molar-refractivity contribution in [3.05, 3.63) is 71.6 Å². The van der Waals surface area contributed by atoms with Gasteiger partial charge in [0.25, 0.3) is 0 Å². The van der Waals surface area contributed by atoms with Crippen LogP contribution < -0.4 is 0 Å². The summed E-state index contributed by atoms with van der Waals surface area (Å²) in [7, 11) is -5.16. The first kappa shape index (κ1) is 25.9. The lowest BCUT2D eigenvalue weighted by Gasteiger charge is -2.41. The Balaban J connectivity index is 1.73. The summed E-state index contributed by atoms with van der Waals surface area (Å²) in [5.74, 6) is -1.86. The van der Waals surface area contributed by atoms with Gasteiger partial charge in [-0.15, -0.1) is 11.3 Å². The molecule has 186 valence electrons. The Bertz CT molecular complexity index is 1270. The predicted molar refractivity (Wildman–Crippen MR) is 148 cm³/mol. The van der Waals surface area contributed by atoms with Gasteiger partial charge in [0, 0.05) is 17.8 Å². The summed E-state index contributed by atoms with van der Waals surface area (Å²) in [6, 6.07) is 23.1. The molecule has 7 heteroatoms. The maximum atomic E-state index is 13.7. The van der Waals surface area contributed by atoms with Gasteiger partial charge in [0.1, 0.15) is 4.75 Å². The molecule has 4 nitrogen and oxygen atoms in total. The molecule has 1 aliphatic rings. The number of aliphatic carboxylic acids is 1. The van der Waals surface area contributed by atoms with Gasteiger partial charge in [-0.1, -0.05) is 86.7 Å². The predicted octanol–water partition coefficient (Wildman–Crippen LogP) is 7.31. The Labute approximate surface area is 214 Å². The van der Waals surface area contributed by atoms with E-state index in [1.165, 1.54) is 11.3 Å². The molecule has 1 aliphatic heterocycles. The molecule has 0 amide bonds. The SMILES string of the molecule is C[Si](C)(C)CCC(C(=O)O)[C@]1(c2ccc(-c3ccc(-c4ccccc4)cc3)s2)CCCCS1(=O)=O. The van der Waals surface area contributed by atoms with Crippen LogP contribution in [0.3, 0.4) is 0 Å². The lowest BCUT2D eigenvalue weighted by Crippen LogP contribution is -2.49. The Hall–Kier alpha value is -2.22. The molecule has 1 fully saturated rings. The van der Waals surface area contributed by atoms with E-state index in [0.29, 0.717) is 24.1 Å². The number of sulfone groups is 1. The topological polar surface area (TPSA) is 71.4 Å². The second-order valence-electron chi connectivity index (χ2n) is 10.8. The number of rotatable bonds is 8. The molecule has 2 aromatic carbocycles. The molecule has 1 saturated heterocycles. The molecule has 35 heavy (non-hydrogen) atoms. The van der Waals surface area contributed by atoms with Gasteiger partial charge < -0.3 is 5.11 Å². The normalized spacial score (nSPS) is 20.9. The van der Waals surface area contributed by atoms with Crippen LogP contribution in [0.15, 0.2) is 66.7 Å². The summed E-state index contributed by atoms with van der Waals surface area (Å²) in [6.07, 6.45) is 2.12. The smallest absolute Gasteiger partial charge is 0.308 e. The van der Waals surface area contributed by atoms with Gasteiger partial charge in [-0.05, 0) is 48.1 Å². The molecule has 0 spiro atoms. The van der Waals surface area contributed by atoms with Crippen molar-refractivity contribution in [2.45, 2.75) is 56.1 Å². The zero-order chi connectivity index (χ0) is 25.3. The van der Waals surface area contributed by atoms with E-state index in [0.717, 1.165) is 34.0 Å². The maximum Gasteiger partial charge on any atom is 0.308 e. The van der Waals surface area contributed by atoms with Crippen LogP contribution in [0.1, 0.15) is 30.6 Å². The van der Waals surface area contributed by atoms with E-state index >= 15 is 0 Å². The molecule has 0 saturated carbocycles. The standard InChI is InChI=1S/C28H34O4S2Si/c1-35(2,3)20-17-24(27(29)30)28(18-7-8-19-34(28,31)32)26-16-15-25(33-26)23-13-11-22(12-14-23)21-9-5-4-6-10-21/h4-6,9-16,24H,7-8,17-20H2,1-3H3,(H,29,30)/t24?,28-/m0/s1. The highest BCUT2D eigenvalue weighted by Gasteiger charge is 2.56. The third-order valence-corrected chi connectivity index (χ3v) is 13.0. The van der Waals surface area contributed by atoms with Gasteiger partial charge in [-0.3, -0.25) is 4.79 Å². The summed E-state index contributed by atoms with van der Waals surface area (Å²) in [6.45, 7) is 6.61. The van der Waals surface area contributed by atoms with Crippen molar-refractivity contribution in [2.24, 2.45) is 5.92 Å². The first-order valence-electron chi connectivity index (χ1n) is 12.2. The van der Waals surface area contributed by atoms with Crippen LogP contribution in [0.5, 0.6) is 0 Å². The largest absolute Gasteiger partial charge is 0.481 e. The van der Waals surface area contributed by atoms with Crippen LogP contribution in [-0.2, 0) is 19.4 Å². The van der Waals surface area contributed by atoms with E-state index in [9.17, 15) is 18.3 Å². The minimum atomic E-state index is -3.62. The quantitative estimate of drug-likeness (QED) is 0.313. The van der Waals surface area contributed by atoms with Gasteiger partial charge in [0.2, 0.25) is 0 Å². The van der Waals surface area contributed by atoms with Gasteiger partial charge in [0.15, 0.2) is 9.84 Å². The number of benzene rings is 2. The van der Waals surface area contributed by atoms with E-state index < -0.39 is 34.5 Å². The first-order chi connectivity index (χ1) is 16.5. The fourth-order valence-corrected chi connectivity index (χ4v) is 10.4. The number of thiophene rings is 1. The summed E-state index contributed by atoms with van der Waals surface area (Å²) in [4.78, 5) is 14.2. The molecule has 0 radical (unpaired) electrons. The second-order valence-corrected chi connectivity index (χ2v) is 19.8. The Morgan fingerprint density at radius 1 is 0.943 bits per heavy atom. The van der Waals surface area contributed by atoms with Crippen LogP contribution in [0, 0.1) is 5.92 Å². The van der Waals surface area contributed by atoms with Crippen molar-refractivity contribution in [3.8, 4) is 21.6 Å². The van der Waals surface area contributed by atoms with Crippen molar-refractivity contribution in [3.63, 3.8) is 0 Å². The van der Waals surface area contributed by atoms with Crippen LogP contribution in [0.4, 0.5) is 0 Å². The van der Waals surface area contributed by atoms with Crippen molar-refractivity contribution < 1.29 is 18.3 Å². The van der Waals surface area contributed by atoms with E-state index in [1.54, 1.807) is 0 Å². The molecular formula is C28H34O4S2Si. The average molecular weight is 527 g/mol. The zero-order valence-electron chi connectivity index (χ0n) is 20.7. The van der Waals surface area contributed by atoms with Gasteiger partial charge in [-0.2, -0.15) is 0 Å². The highest BCUT2D eigenvalue weighted by Crippen LogP contribution is 2.51. The molecule has 4 rings (SSSR count). The van der Waals surface area contributed by atoms with Crippen molar-refractivity contribution >= 4 is 35.2 Å². The van der Waals surface area contributed by atoms with E-state index in [1.807, 2.05) is 30.3 Å². The highest BCUT2D eigenvalue weighted by atomic mass is 32.2. The molecule has 2 heterocycles. The van der Waals surface area contributed by atoms with Gasteiger partial charge in [0.05, 0.1) is 11.7 Å². The summed E-state index contributed by atoms with van der Waals surface area (Å²) in [5.41, 5.74) is 3.28. The molecule has 1 aromatic heterocycles. The van der Waals surface area contributed by atoms with E-state index in [2.05, 4.69) is 56.0 Å². The van der Waals surface area contributed by atoms with Crippen LogP contribution in [0.25, 0.3) is 21.6 Å². The molecule has 1 N–H and O–H groups in total. The molecule has 0 aliphatic carbocycles. The molecule has 1 unspecified atom stereocenters. The third kappa shape index (κ3) is 5.32. The minimum Gasteiger partial charge on any atom is -0.481 e. The number of carboxylic acid groups (broad SMARTS) is 1. The third-order valence-electron chi connectivity index (χ3n) is 7.11. The van der Waals surface area contributed by atoms with Gasteiger partial charge >= 0.3 is 5.97 Å². The maximum absolute atomic E-state index is 13.7.